The number of rotatable bonds is 0. The van der Waals surface area contributed by atoms with Crippen LogP contribution in [0.25, 0.3) is 10.9 Å². The standard InChI is InChI=1S/C13H14N2O/c1-9-5-4-6-10-12(9)13(16)15-8-3-2-7-11(15)14-10/h4-6H,2-3,7-8H2,1H3. The summed E-state index contributed by atoms with van der Waals surface area (Å²) in [4.78, 5) is 16.9. The highest BCUT2D eigenvalue weighted by Gasteiger charge is 2.14. The molecule has 0 atom stereocenters. The minimum atomic E-state index is 0.137. The Hall–Kier alpha value is -1.64. The molecule has 0 N–H and O–H groups in total. The first-order chi connectivity index (χ1) is 7.77. The lowest BCUT2D eigenvalue weighted by molar-refractivity contribution is 0.501. The van der Waals surface area contributed by atoms with Gasteiger partial charge < -0.3 is 0 Å². The van der Waals surface area contributed by atoms with Crippen LogP contribution < -0.4 is 5.56 Å². The molecule has 0 bridgehead atoms. The molecule has 16 heavy (non-hydrogen) atoms. The molecule has 3 heteroatoms. The number of aromatic nitrogens is 2. The average Bonchev–Trinajstić information content (AvgIpc) is 2.29. The molecule has 1 aromatic carbocycles. The van der Waals surface area contributed by atoms with Crippen molar-refractivity contribution >= 4 is 10.9 Å². The van der Waals surface area contributed by atoms with Crippen molar-refractivity contribution in [3.8, 4) is 0 Å². The van der Waals surface area contributed by atoms with E-state index in [0.29, 0.717) is 0 Å². The zero-order valence-corrected chi connectivity index (χ0v) is 9.36. The molecule has 0 aliphatic carbocycles. The summed E-state index contributed by atoms with van der Waals surface area (Å²) in [7, 11) is 0. The molecule has 2 aromatic rings. The summed E-state index contributed by atoms with van der Waals surface area (Å²) in [5.74, 6) is 0.953. The largest absolute Gasteiger partial charge is 0.296 e. The molecule has 82 valence electrons. The van der Waals surface area contributed by atoms with Crippen molar-refractivity contribution in [1.82, 2.24) is 9.55 Å². The lowest BCUT2D eigenvalue weighted by Gasteiger charge is -2.18. The fourth-order valence-electron chi connectivity index (χ4n) is 2.45. The SMILES string of the molecule is Cc1cccc2nc3n(c(=O)c12)CCCC3. The minimum absolute atomic E-state index is 0.137. The Balaban J connectivity index is 2.45. The second-order valence-electron chi connectivity index (χ2n) is 4.41. The summed E-state index contributed by atoms with van der Waals surface area (Å²) in [6, 6.07) is 5.87. The van der Waals surface area contributed by atoms with Crippen LogP contribution in [0.15, 0.2) is 23.0 Å². The van der Waals surface area contributed by atoms with E-state index in [2.05, 4.69) is 4.98 Å². The highest BCUT2D eigenvalue weighted by atomic mass is 16.1. The van der Waals surface area contributed by atoms with Gasteiger partial charge in [0.1, 0.15) is 5.82 Å². The fraction of sp³-hybridized carbons (Fsp3) is 0.385. The monoisotopic (exact) mass is 214 g/mol. The van der Waals surface area contributed by atoms with E-state index < -0.39 is 0 Å². The van der Waals surface area contributed by atoms with E-state index in [0.717, 1.165) is 48.1 Å². The van der Waals surface area contributed by atoms with Crippen LogP contribution in [0.5, 0.6) is 0 Å². The summed E-state index contributed by atoms with van der Waals surface area (Å²) in [5.41, 5.74) is 2.01. The van der Waals surface area contributed by atoms with Gasteiger partial charge in [-0.2, -0.15) is 0 Å². The van der Waals surface area contributed by atoms with Gasteiger partial charge in [-0.15, -0.1) is 0 Å². The van der Waals surface area contributed by atoms with E-state index in [1.54, 1.807) is 0 Å². The third-order valence-electron chi connectivity index (χ3n) is 3.30. The van der Waals surface area contributed by atoms with Crippen molar-refractivity contribution in [2.45, 2.75) is 32.7 Å². The molecular weight excluding hydrogens is 200 g/mol. The molecule has 0 saturated carbocycles. The van der Waals surface area contributed by atoms with Crippen molar-refractivity contribution < 1.29 is 0 Å². The van der Waals surface area contributed by atoms with Gasteiger partial charge in [0.15, 0.2) is 0 Å². The molecule has 1 aromatic heterocycles. The zero-order valence-electron chi connectivity index (χ0n) is 9.36. The van der Waals surface area contributed by atoms with Crippen molar-refractivity contribution in [3.63, 3.8) is 0 Å². The van der Waals surface area contributed by atoms with Gasteiger partial charge >= 0.3 is 0 Å². The highest BCUT2D eigenvalue weighted by molar-refractivity contribution is 5.81. The van der Waals surface area contributed by atoms with Crippen molar-refractivity contribution in [1.29, 1.82) is 0 Å². The third-order valence-corrected chi connectivity index (χ3v) is 3.30. The summed E-state index contributed by atoms with van der Waals surface area (Å²) < 4.78 is 1.85. The van der Waals surface area contributed by atoms with E-state index in [1.807, 2.05) is 29.7 Å². The van der Waals surface area contributed by atoms with Crippen molar-refractivity contribution in [3.05, 3.63) is 39.9 Å². The van der Waals surface area contributed by atoms with Crippen molar-refractivity contribution in [2.75, 3.05) is 0 Å². The third kappa shape index (κ3) is 1.28. The normalized spacial score (nSPS) is 15.1. The second-order valence-corrected chi connectivity index (χ2v) is 4.41. The summed E-state index contributed by atoms with van der Waals surface area (Å²) in [6.45, 7) is 2.80. The Kier molecular flexibility index (Phi) is 2.06. The molecule has 0 spiro atoms. The molecule has 1 aliphatic rings. The van der Waals surface area contributed by atoms with Crippen LogP contribution in [0.4, 0.5) is 0 Å². The number of benzene rings is 1. The maximum Gasteiger partial charge on any atom is 0.261 e. The van der Waals surface area contributed by atoms with Crippen molar-refractivity contribution in [2.24, 2.45) is 0 Å². The van der Waals surface area contributed by atoms with Gasteiger partial charge in [-0.3, -0.25) is 9.36 Å². The van der Waals surface area contributed by atoms with Crippen LogP contribution in [-0.4, -0.2) is 9.55 Å². The van der Waals surface area contributed by atoms with Crippen LogP contribution in [0.1, 0.15) is 24.2 Å². The number of hydrogen-bond acceptors (Lipinski definition) is 2. The molecule has 3 nitrogen and oxygen atoms in total. The summed E-state index contributed by atoms with van der Waals surface area (Å²) >= 11 is 0. The summed E-state index contributed by atoms with van der Waals surface area (Å²) in [5, 5.41) is 0.785. The molecule has 2 heterocycles. The smallest absolute Gasteiger partial charge is 0.261 e. The second kappa shape index (κ2) is 3.44. The number of hydrogen-bond donors (Lipinski definition) is 0. The van der Waals surface area contributed by atoms with Gasteiger partial charge in [-0.25, -0.2) is 4.98 Å². The summed E-state index contributed by atoms with van der Waals surface area (Å²) in [6.07, 6.45) is 3.16. The average molecular weight is 214 g/mol. The topological polar surface area (TPSA) is 34.9 Å². The Morgan fingerprint density at radius 2 is 2.19 bits per heavy atom. The maximum absolute atomic E-state index is 12.3. The molecule has 3 rings (SSSR count). The van der Waals surface area contributed by atoms with E-state index >= 15 is 0 Å². The predicted molar refractivity (Wildman–Crippen MR) is 63.7 cm³/mol. The highest BCUT2D eigenvalue weighted by Crippen LogP contribution is 2.16. The van der Waals surface area contributed by atoms with E-state index in [9.17, 15) is 4.79 Å². The van der Waals surface area contributed by atoms with Crippen LogP contribution in [-0.2, 0) is 13.0 Å². The Labute approximate surface area is 93.7 Å². The quantitative estimate of drug-likeness (QED) is 0.672. The lowest BCUT2D eigenvalue weighted by Crippen LogP contribution is -2.28. The van der Waals surface area contributed by atoms with Crippen LogP contribution in [0.2, 0.25) is 0 Å². The first-order valence-corrected chi connectivity index (χ1v) is 5.76. The van der Waals surface area contributed by atoms with E-state index in [4.69, 9.17) is 0 Å². The Morgan fingerprint density at radius 3 is 3.06 bits per heavy atom. The van der Waals surface area contributed by atoms with Gasteiger partial charge in [0.05, 0.1) is 10.9 Å². The van der Waals surface area contributed by atoms with Crippen LogP contribution in [0.3, 0.4) is 0 Å². The fourth-order valence-corrected chi connectivity index (χ4v) is 2.45. The number of nitrogens with zero attached hydrogens (tertiary/aromatic N) is 2. The lowest BCUT2D eigenvalue weighted by atomic mass is 10.1. The molecular formula is C13H14N2O. The molecule has 0 fully saturated rings. The number of fused-ring (bicyclic) bond motifs is 2. The van der Waals surface area contributed by atoms with E-state index in [1.165, 1.54) is 0 Å². The first-order valence-electron chi connectivity index (χ1n) is 5.76. The maximum atomic E-state index is 12.3. The van der Waals surface area contributed by atoms with Gasteiger partial charge in [0, 0.05) is 13.0 Å². The zero-order chi connectivity index (χ0) is 11.1. The van der Waals surface area contributed by atoms with E-state index in [-0.39, 0.29) is 5.56 Å². The molecule has 0 unspecified atom stereocenters. The molecule has 0 saturated heterocycles. The van der Waals surface area contributed by atoms with Crippen LogP contribution >= 0.6 is 0 Å². The van der Waals surface area contributed by atoms with Gasteiger partial charge in [-0.05, 0) is 31.4 Å². The molecule has 1 aliphatic heterocycles. The number of aryl methyl sites for hydroxylation is 2. The minimum Gasteiger partial charge on any atom is -0.296 e. The Bertz CT molecular complexity index is 613. The molecule has 0 radical (unpaired) electrons. The first kappa shape index (κ1) is 9.58. The predicted octanol–water partition coefficient (Wildman–Crippen LogP) is 2.04. The van der Waals surface area contributed by atoms with Gasteiger partial charge in [0.25, 0.3) is 5.56 Å². The van der Waals surface area contributed by atoms with Gasteiger partial charge in [0.2, 0.25) is 0 Å². The molecule has 0 amide bonds. The van der Waals surface area contributed by atoms with Crippen LogP contribution in [0, 0.1) is 6.92 Å². The Morgan fingerprint density at radius 1 is 1.31 bits per heavy atom. The van der Waals surface area contributed by atoms with Gasteiger partial charge in [-0.1, -0.05) is 12.1 Å².